The van der Waals surface area contributed by atoms with E-state index in [1.165, 1.54) is 11.8 Å². The molecular weight excluding hydrogens is 222 g/mol. The van der Waals surface area contributed by atoms with Gasteiger partial charge in [0.05, 0.1) is 0 Å². The highest BCUT2D eigenvalue weighted by atomic mass is 32.2. The van der Waals surface area contributed by atoms with Crippen molar-refractivity contribution < 1.29 is 0 Å². The van der Waals surface area contributed by atoms with Crippen LogP contribution in [-0.4, -0.2) is 19.7 Å². The fraction of sp³-hybridized carbons (Fsp3) is 0.200. The highest BCUT2D eigenvalue weighted by molar-refractivity contribution is 7.98. The van der Waals surface area contributed by atoms with Crippen LogP contribution < -0.4 is 0 Å². The minimum atomic E-state index is 0.470. The number of rotatable bonds is 3. The van der Waals surface area contributed by atoms with E-state index in [0.29, 0.717) is 11.4 Å². The molecule has 2 aromatic rings. The van der Waals surface area contributed by atoms with E-state index in [0.717, 1.165) is 10.7 Å². The van der Waals surface area contributed by atoms with Crippen LogP contribution >= 0.6 is 11.8 Å². The minimum Gasteiger partial charge on any atom is -0.312 e. The Balaban J connectivity index is 2.11. The summed E-state index contributed by atoms with van der Waals surface area (Å²) in [5.74, 6) is 0.670. The van der Waals surface area contributed by atoms with Gasteiger partial charge in [0.2, 0.25) is 0 Å². The summed E-state index contributed by atoms with van der Waals surface area (Å²) in [6.07, 6.45) is 3.27. The second kappa shape index (κ2) is 4.77. The van der Waals surface area contributed by atoms with Crippen LogP contribution in [0.4, 0.5) is 0 Å². The largest absolute Gasteiger partial charge is 0.312 e. The number of nitrogens with zero attached hydrogens (tertiary/aromatic N) is 5. The number of aryl methyl sites for hydroxylation is 1. The van der Waals surface area contributed by atoms with Gasteiger partial charge in [-0.25, -0.2) is 4.98 Å². The van der Waals surface area contributed by atoms with Gasteiger partial charge in [-0.2, -0.15) is 5.26 Å². The zero-order valence-electron chi connectivity index (χ0n) is 8.66. The highest BCUT2D eigenvalue weighted by Crippen LogP contribution is 2.20. The first-order valence-electron chi connectivity index (χ1n) is 4.62. The number of pyridine rings is 1. The van der Waals surface area contributed by atoms with E-state index < -0.39 is 0 Å². The van der Waals surface area contributed by atoms with Gasteiger partial charge in [0.1, 0.15) is 18.1 Å². The van der Waals surface area contributed by atoms with E-state index in [9.17, 15) is 0 Å². The molecule has 0 bridgehead atoms. The number of hydrogen-bond acceptors (Lipinski definition) is 5. The molecule has 0 aliphatic carbocycles. The lowest BCUT2D eigenvalue weighted by molar-refractivity contribution is 0.788. The summed E-state index contributed by atoms with van der Waals surface area (Å²) >= 11 is 1.53. The summed E-state index contributed by atoms with van der Waals surface area (Å²) in [4.78, 5) is 4.00. The monoisotopic (exact) mass is 231 g/mol. The molecule has 0 radical (unpaired) electrons. The normalized spacial score (nSPS) is 10.0. The summed E-state index contributed by atoms with van der Waals surface area (Å²) in [7, 11) is 1.89. The predicted molar refractivity (Wildman–Crippen MR) is 59.5 cm³/mol. The van der Waals surface area contributed by atoms with Gasteiger partial charge in [0.15, 0.2) is 5.16 Å². The average molecular weight is 231 g/mol. The van der Waals surface area contributed by atoms with E-state index in [-0.39, 0.29) is 0 Å². The van der Waals surface area contributed by atoms with Gasteiger partial charge < -0.3 is 4.57 Å². The first-order chi connectivity index (χ1) is 7.81. The maximum Gasteiger partial charge on any atom is 0.191 e. The van der Waals surface area contributed by atoms with Crippen LogP contribution in [0.2, 0.25) is 0 Å². The van der Waals surface area contributed by atoms with Gasteiger partial charge in [0.25, 0.3) is 0 Å². The molecule has 0 amide bonds. The third-order valence-electron chi connectivity index (χ3n) is 2.02. The van der Waals surface area contributed by atoms with E-state index in [2.05, 4.69) is 21.3 Å². The summed E-state index contributed by atoms with van der Waals surface area (Å²) in [5, 5.41) is 17.4. The van der Waals surface area contributed by atoms with Gasteiger partial charge in [-0.15, -0.1) is 10.2 Å². The zero-order chi connectivity index (χ0) is 11.4. The third kappa shape index (κ3) is 2.20. The molecule has 0 spiro atoms. The van der Waals surface area contributed by atoms with Crippen molar-refractivity contribution in [2.24, 2.45) is 7.05 Å². The van der Waals surface area contributed by atoms with Crippen molar-refractivity contribution in [1.82, 2.24) is 19.7 Å². The average Bonchev–Trinajstić information content (AvgIpc) is 2.72. The molecule has 2 heterocycles. The molecule has 0 unspecified atom stereocenters. The number of nitriles is 1. The van der Waals surface area contributed by atoms with Crippen molar-refractivity contribution in [1.29, 1.82) is 5.26 Å². The fourth-order valence-corrected chi connectivity index (χ4v) is 2.07. The predicted octanol–water partition coefficient (Wildman–Crippen LogP) is 1.37. The van der Waals surface area contributed by atoms with E-state index in [1.807, 2.05) is 23.7 Å². The summed E-state index contributed by atoms with van der Waals surface area (Å²) in [6.45, 7) is 0. The third-order valence-corrected chi connectivity index (χ3v) is 3.11. The molecule has 0 saturated carbocycles. The Kier molecular flexibility index (Phi) is 3.17. The first-order valence-corrected chi connectivity index (χ1v) is 5.60. The van der Waals surface area contributed by atoms with Crippen molar-refractivity contribution in [3.63, 3.8) is 0 Å². The van der Waals surface area contributed by atoms with Gasteiger partial charge in [-0.05, 0) is 11.6 Å². The van der Waals surface area contributed by atoms with Crippen molar-refractivity contribution in [3.05, 3.63) is 35.9 Å². The van der Waals surface area contributed by atoms with E-state index in [4.69, 9.17) is 5.26 Å². The Morgan fingerprint density at radius 2 is 2.44 bits per heavy atom. The maximum absolute atomic E-state index is 8.88. The Labute approximate surface area is 97.1 Å². The SMILES string of the molecule is Cn1cnnc1SCc1cccnc1C#N. The lowest BCUT2D eigenvalue weighted by Crippen LogP contribution is -1.93. The Morgan fingerprint density at radius 1 is 1.56 bits per heavy atom. The summed E-state index contributed by atoms with van der Waals surface area (Å²) < 4.78 is 1.84. The van der Waals surface area contributed by atoms with Gasteiger partial charge >= 0.3 is 0 Å². The van der Waals surface area contributed by atoms with E-state index >= 15 is 0 Å². The quantitative estimate of drug-likeness (QED) is 0.746. The van der Waals surface area contributed by atoms with Crippen LogP contribution in [0.15, 0.2) is 29.8 Å². The van der Waals surface area contributed by atoms with Gasteiger partial charge in [-0.1, -0.05) is 17.8 Å². The van der Waals surface area contributed by atoms with Crippen LogP contribution in [0.3, 0.4) is 0 Å². The smallest absolute Gasteiger partial charge is 0.191 e. The van der Waals surface area contributed by atoms with E-state index in [1.54, 1.807) is 12.5 Å². The fourth-order valence-electron chi connectivity index (χ4n) is 1.20. The minimum absolute atomic E-state index is 0.470. The first kappa shape index (κ1) is 10.6. The Morgan fingerprint density at radius 3 is 3.12 bits per heavy atom. The van der Waals surface area contributed by atoms with Crippen LogP contribution in [0.5, 0.6) is 0 Å². The molecule has 0 atom stereocenters. The molecular formula is C10H9N5S. The Bertz CT molecular complexity index is 528. The molecule has 2 aromatic heterocycles. The highest BCUT2D eigenvalue weighted by Gasteiger charge is 2.06. The van der Waals surface area contributed by atoms with Crippen LogP contribution in [0.1, 0.15) is 11.3 Å². The maximum atomic E-state index is 8.88. The molecule has 16 heavy (non-hydrogen) atoms. The molecule has 80 valence electrons. The van der Waals surface area contributed by atoms with Crippen molar-refractivity contribution in [2.75, 3.05) is 0 Å². The van der Waals surface area contributed by atoms with Gasteiger partial charge in [-0.3, -0.25) is 0 Å². The standard InChI is InChI=1S/C10H9N5S/c1-15-7-13-14-10(15)16-6-8-3-2-4-12-9(8)5-11/h2-4,7H,6H2,1H3. The van der Waals surface area contributed by atoms with Gasteiger partial charge in [0, 0.05) is 19.0 Å². The zero-order valence-corrected chi connectivity index (χ0v) is 9.48. The van der Waals surface area contributed by atoms with Crippen molar-refractivity contribution >= 4 is 11.8 Å². The molecule has 2 rings (SSSR count). The number of thioether (sulfide) groups is 1. The molecule has 0 aliphatic rings. The topological polar surface area (TPSA) is 67.4 Å². The Hall–Kier alpha value is -1.87. The molecule has 0 aromatic carbocycles. The van der Waals surface area contributed by atoms with Crippen molar-refractivity contribution in [3.8, 4) is 6.07 Å². The molecule has 6 heteroatoms. The lowest BCUT2D eigenvalue weighted by Gasteiger charge is -2.01. The summed E-state index contributed by atoms with van der Waals surface area (Å²) in [6, 6.07) is 5.80. The molecule has 0 N–H and O–H groups in total. The van der Waals surface area contributed by atoms with Crippen LogP contribution in [0.25, 0.3) is 0 Å². The van der Waals surface area contributed by atoms with Crippen LogP contribution in [0, 0.1) is 11.3 Å². The summed E-state index contributed by atoms with van der Waals surface area (Å²) in [5.41, 5.74) is 1.38. The number of aromatic nitrogens is 4. The second-order valence-corrected chi connectivity index (χ2v) is 4.08. The second-order valence-electron chi connectivity index (χ2n) is 3.14. The molecule has 0 aliphatic heterocycles. The number of hydrogen-bond donors (Lipinski definition) is 0. The van der Waals surface area contributed by atoms with Crippen LogP contribution in [-0.2, 0) is 12.8 Å². The molecule has 0 saturated heterocycles. The lowest BCUT2D eigenvalue weighted by atomic mass is 10.2. The molecule has 5 nitrogen and oxygen atoms in total. The van der Waals surface area contributed by atoms with Crippen molar-refractivity contribution in [2.45, 2.75) is 10.9 Å². The molecule has 0 fully saturated rings.